The van der Waals surface area contributed by atoms with E-state index in [1.54, 1.807) is 6.92 Å². The molecule has 1 aliphatic rings. The maximum Gasteiger partial charge on any atom is 0.248 e. The number of ether oxygens (including phenoxy) is 1. The Morgan fingerprint density at radius 1 is 1.43 bits per heavy atom. The molecule has 0 aromatic heterocycles. The molecule has 4 nitrogen and oxygen atoms in total. The molecule has 6 heteroatoms. The van der Waals surface area contributed by atoms with Crippen LogP contribution in [0.4, 0.5) is 8.78 Å². The Hall–Kier alpha value is -1.53. The standard InChI is InChI=1S/C15H19F2NO3/c1-9(21-8-10-5-6-10)15(20)18-7-13(19)14-11(16)3-2-4-12(14)17/h2-4,9-10,13,19H,5-8H2,1H3,(H,18,20). The Balaban J connectivity index is 1.82. The molecule has 1 aromatic carbocycles. The van der Waals surface area contributed by atoms with E-state index in [-0.39, 0.29) is 6.54 Å². The number of carbonyl (C=O) groups excluding carboxylic acids is 1. The van der Waals surface area contributed by atoms with Gasteiger partial charge in [-0.2, -0.15) is 0 Å². The van der Waals surface area contributed by atoms with E-state index in [1.165, 1.54) is 6.07 Å². The number of hydrogen-bond acceptors (Lipinski definition) is 3. The predicted molar refractivity (Wildman–Crippen MR) is 72.5 cm³/mol. The minimum atomic E-state index is -1.44. The summed E-state index contributed by atoms with van der Waals surface area (Å²) in [6.45, 7) is 1.88. The number of rotatable bonds is 7. The van der Waals surface area contributed by atoms with Crippen molar-refractivity contribution in [1.82, 2.24) is 5.32 Å². The smallest absolute Gasteiger partial charge is 0.248 e. The first-order valence-corrected chi connectivity index (χ1v) is 7.00. The molecule has 0 aliphatic heterocycles. The van der Waals surface area contributed by atoms with Crippen LogP contribution < -0.4 is 5.32 Å². The summed E-state index contributed by atoms with van der Waals surface area (Å²) in [6, 6.07) is 3.34. The highest BCUT2D eigenvalue weighted by Crippen LogP contribution is 2.29. The highest BCUT2D eigenvalue weighted by Gasteiger charge is 2.24. The van der Waals surface area contributed by atoms with Crippen LogP contribution in [0.1, 0.15) is 31.4 Å². The molecule has 0 saturated heterocycles. The Labute approximate surface area is 122 Å². The van der Waals surface area contributed by atoms with Crippen LogP contribution in [0, 0.1) is 17.6 Å². The minimum absolute atomic E-state index is 0.270. The van der Waals surface area contributed by atoms with Crippen molar-refractivity contribution in [3.8, 4) is 0 Å². The fourth-order valence-corrected chi connectivity index (χ4v) is 1.91. The van der Waals surface area contributed by atoms with Crippen LogP contribution in [-0.2, 0) is 9.53 Å². The Morgan fingerprint density at radius 2 is 2.05 bits per heavy atom. The minimum Gasteiger partial charge on any atom is -0.386 e. The third-order valence-electron chi connectivity index (χ3n) is 3.45. The Kier molecular flexibility index (Phi) is 5.25. The van der Waals surface area contributed by atoms with Gasteiger partial charge >= 0.3 is 0 Å². The highest BCUT2D eigenvalue weighted by molar-refractivity contribution is 5.80. The average Bonchev–Trinajstić information content (AvgIpc) is 3.26. The molecule has 2 rings (SSSR count). The van der Waals surface area contributed by atoms with E-state index in [0.717, 1.165) is 25.0 Å². The molecule has 21 heavy (non-hydrogen) atoms. The Bertz CT molecular complexity index is 485. The SMILES string of the molecule is CC(OCC1CC1)C(=O)NCC(O)c1c(F)cccc1F. The van der Waals surface area contributed by atoms with Crippen LogP contribution in [0.15, 0.2) is 18.2 Å². The monoisotopic (exact) mass is 299 g/mol. The van der Waals surface area contributed by atoms with Crippen LogP contribution in [0.5, 0.6) is 0 Å². The van der Waals surface area contributed by atoms with Crippen molar-refractivity contribution in [2.24, 2.45) is 5.92 Å². The van der Waals surface area contributed by atoms with Gasteiger partial charge in [-0.25, -0.2) is 8.78 Å². The summed E-state index contributed by atoms with van der Waals surface area (Å²) >= 11 is 0. The van der Waals surface area contributed by atoms with Gasteiger partial charge in [-0.1, -0.05) is 6.07 Å². The van der Waals surface area contributed by atoms with E-state index in [1.807, 2.05) is 0 Å². The number of nitrogens with one attached hydrogen (secondary N) is 1. The van der Waals surface area contributed by atoms with Crippen molar-refractivity contribution in [3.05, 3.63) is 35.4 Å². The number of halogens is 2. The van der Waals surface area contributed by atoms with E-state index in [4.69, 9.17) is 4.74 Å². The predicted octanol–water partition coefficient (Wildman–Crippen LogP) is 1.93. The van der Waals surface area contributed by atoms with Gasteiger partial charge in [-0.15, -0.1) is 0 Å². The maximum atomic E-state index is 13.5. The number of carbonyl (C=O) groups is 1. The molecule has 0 bridgehead atoms. The lowest BCUT2D eigenvalue weighted by atomic mass is 10.1. The number of hydrogen-bond donors (Lipinski definition) is 2. The molecule has 1 fully saturated rings. The third-order valence-corrected chi connectivity index (χ3v) is 3.45. The molecule has 1 aliphatic carbocycles. The van der Waals surface area contributed by atoms with Crippen molar-refractivity contribution in [3.63, 3.8) is 0 Å². The zero-order valence-electron chi connectivity index (χ0n) is 11.8. The van der Waals surface area contributed by atoms with Gasteiger partial charge in [0.2, 0.25) is 5.91 Å². The summed E-state index contributed by atoms with van der Waals surface area (Å²) in [4.78, 5) is 11.7. The van der Waals surface area contributed by atoms with Gasteiger partial charge in [0.15, 0.2) is 0 Å². The van der Waals surface area contributed by atoms with Gasteiger partial charge in [0, 0.05) is 6.54 Å². The van der Waals surface area contributed by atoms with Gasteiger partial charge in [-0.05, 0) is 37.8 Å². The first-order valence-electron chi connectivity index (χ1n) is 7.00. The van der Waals surface area contributed by atoms with Gasteiger partial charge in [-0.3, -0.25) is 4.79 Å². The first-order chi connectivity index (χ1) is 9.99. The van der Waals surface area contributed by atoms with Crippen molar-refractivity contribution >= 4 is 5.91 Å². The molecule has 116 valence electrons. The summed E-state index contributed by atoms with van der Waals surface area (Å²) in [7, 11) is 0. The van der Waals surface area contributed by atoms with Crippen LogP contribution in [0.25, 0.3) is 0 Å². The van der Waals surface area contributed by atoms with Crippen LogP contribution in [0.3, 0.4) is 0 Å². The molecule has 1 amide bonds. The molecule has 2 N–H and O–H groups in total. The number of aliphatic hydroxyl groups excluding tert-OH is 1. The second kappa shape index (κ2) is 6.95. The van der Waals surface area contributed by atoms with Crippen molar-refractivity contribution in [1.29, 1.82) is 0 Å². The summed E-state index contributed by atoms with van der Waals surface area (Å²) in [5, 5.41) is 12.2. The number of amides is 1. The lowest BCUT2D eigenvalue weighted by Crippen LogP contribution is -2.37. The molecule has 0 radical (unpaired) electrons. The van der Waals surface area contributed by atoms with E-state index in [2.05, 4.69) is 5.32 Å². The quantitative estimate of drug-likeness (QED) is 0.809. The zero-order chi connectivity index (χ0) is 15.4. The molecule has 2 unspecified atom stereocenters. The number of aliphatic hydroxyl groups is 1. The summed E-state index contributed by atoms with van der Waals surface area (Å²) in [5.74, 6) is -1.55. The highest BCUT2D eigenvalue weighted by atomic mass is 19.1. The fourth-order valence-electron chi connectivity index (χ4n) is 1.91. The molecule has 1 saturated carbocycles. The molecule has 2 atom stereocenters. The van der Waals surface area contributed by atoms with Gasteiger partial charge in [0.05, 0.1) is 12.2 Å². The van der Waals surface area contributed by atoms with Crippen LogP contribution in [-0.4, -0.2) is 30.3 Å². The lowest BCUT2D eigenvalue weighted by molar-refractivity contribution is -0.132. The Morgan fingerprint density at radius 3 is 2.62 bits per heavy atom. The summed E-state index contributed by atoms with van der Waals surface area (Å²) in [6.07, 6.45) is 0.160. The van der Waals surface area contributed by atoms with E-state index in [9.17, 15) is 18.7 Å². The van der Waals surface area contributed by atoms with Crippen molar-refractivity contribution < 1.29 is 23.4 Å². The third kappa shape index (κ3) is 4.47. The molecular weight excluding hydrogens is 280 g/mol. The van der Waals surface area contributed by atoms with Gasteiger partial charge in [0.25, 0.3) is 0 Å². The van der Waals surface area contributed by atoms with Gasteiger partial charge < -0.3 is 15.2 Å². The maximum absolute atomic E-state index is 13.5. The molecule has 0 spiro atoms. The number of benzene rings is 1. The largest absolute Gasteiger partial charge is 0.386 e. The van der Waals surface area contributed by atoms with E-state index >= 15 is 0 Å². The second-order valence-corrected chi connectivity index (χ2v) is 5.32. The van der Waals surface area contributed by atoms with Crippen LogP contribution >= 0.6 is 0 Å². The van der Waals surface area contributed by atoms with Crippen LogP contribution in [0.2, 0.25) is 0 Å². The van der Waals surface area contributed by atoms with E-state index in [0.29, 0.717) is 12.5 Å². The first kappa shape index (κ1) is 15.9. The molecule has 0 heterocycles. The van der Waals surface area contributed by atoms with Crippen molar-refractivity contribution in [2.45, 2.75) is 32.0 Å². The van der Waals surface area contributed by atoms with Crippen molar-refractivity contribution in [2.75, 3.05) is 13.2 Å². The summed E-state index contributed by atoms with van der Waals surface area (Å²) in [5.41, 5.74) is -0.440. The second-order valence-electron chi connectivity index (χ2n) is 5.32. The molecular formula is C15H19F2NO3. The average molecular weight is 299 g/mol. The van der Waals surface area contributed by atoms with Gasteiger partial charge in [0.1, 0.15) is 23.8 Å². The lowest BCUT2D eigenvalue weighted by Gasteiger charge is -2.16. The molecule has 1 aromatic rings. The normalized spacial score (nSPS) is 17.3. The summed E-state index contributed by atoms with van der Waals surface area (Å²) < 4.78 is 32.3. The fraction of sp³-hybridized carbons (Fsp3) is 0.533. The van der Waals surface area contributed by atoms with E-state index < -0.39 is 35.3 Å². The topological polar surface area (TPSA) is 58.6 Å². The zero-order valence-corrected chi connectivity index (χ0v) is 11.8.